The van der Waals surface area contributed by atoms with Gasteiger partial charge in [-0.15, -0.1) is 0 Å². The molecule has 2 aliphatic rings. The smallest absolute Gasteiger partial charge is 0.223 e. The summed E-state index contributed by atoms with van der Waals surface area (Å²) in [5, 5.41) is 3.35. The first-order valence-electron chi connectivity index (χ1n) is 11.7. The zero-order valence-electron chi connectivity index (χ0n) is 18.6. The van der Waals surface area contributed by atoms with Gasteiger partial charge >= 0.3 is 0 Å². The number of carbonyl (C=O) groups is 1. The van der Waals surface area contributed by atoms with Crippen molar-refractivity contribution in [1.82, 2.24) is 15.3 Å². The van der Waals surface area contributed by atoms with E-state index >= 15 is 0 Å². The predicted molar refractivity (Wildman–Crippen MR) is 127 cm³/mol. The molecule has 1 atom stereocenters. The average molecular weight is 427 g/mol. The zero-order chi connectivity index (χ0) is 21.9. The molecule has 2 heterocycles. The lowest BCUT2D eigenvalue weighted by atomic mass is 9.87. The topological polar surface area (TPSA) is 58.1 Å². The van der Waals surface area contributed by atoms with Crippen LogP contribution in [0.25, 0.3) is 11.4 Å². The van der Waals surface area contributed by atoms with E-state index in [1.165, 1.54) is 16.7 Å². The third-order valence-corrected chi connectivity index (χ3v) is 6.83. The molecule has 1 N–H and O–H groups in total. The number of hydrogen-bond donors (Lipinski definition) is 1. The molecule has 1 aliphatic carbocycles. The van der Waals surface area contributed by atoms with Crippen LogP contribution in [0.3, 0.4) is 0 Å². The number of hydrogen-bond acceptors (Lipinski definition) is 4. The van der Waals surface area contributed by atoms with Crippen LogP contribution in [0.2, 0.25) is 0 Å². The number of nitrogens with zero attached hydrogens (tertiary/aromatic N) is 3. The number of anilines is 1. The summed E-state index contributed by atoms with van der Waals surface area (Å²) < 4.78 is 0. The molecule has 2 aromatic carbocycles. The van der Waals surface area contributed by atoms with E-state index in [-0.39, 0.29) is 17.9 Å². The monoisotopic (exact) mass is 426 g/mol. The van der Waals surface area contributed by atoms with Crippen LogP contribution >= 0.6 is 0 Å². The molecule has 32 heavy (non-hydrogen) atoms. The Morgan fingerprint density at radius 1 is 1.00 bits per heavy atom. The number of aromatic nitrogens is 2. The standard InChI is InChI=1S/C27H30N4O/c1-19-9-11-21(12-10-19)26-28-16-13-25(30-26)31-17-14-22(15-18-31)27(32)29-24-8-4-6-20-5-2-3-7-23(20)24/h2-3,5,7,9-13,16,22,24H,4,6,8,14-15,17-18H2,1H3,(H,29,32). The molecule has 164 valence electrons. The number of amides is 1. The Morgan fingerprint density at radius 3 is 2.59 bits per heavy atom. The van der Waals surface area contributed by atoms with Crippen molar-refractivity contribution in [2.24, 2.45) is 5.92 Å². The molecule has 3 aromatic rings. The van der Waals surface area contributed by atoms with E-state index in [9.17, 15) is 4.79 Å². The summed E-state index contributed by atoms with van der Waals surface area (Å²) in [6.45, 7) is 3.75. The summed E-state index contributed by atoms with van der Waals surface area (Å²) in [6.07, 6.45) is 6.82. The lowest BCUT2D eigenvalue weighted by Crippen LogP contribution is -2.42. The number of aryl methyl sites for hydroxylation is 2. The van der Waals surface area contributed by atoms with Gasteiger partial charge in [0.2, 0.25) is 5.91 Å². The number of fused-ring (bicyclic) bond motifs is 1. The van der Waals surface area contributed by atoms with Crippen LogP contribution < -0.4 is 10.2 Å². The Balaban J connectivity index is 1.21. The SMILES string of the molecule is Cc1ccc(-c2nccc(N3CCC(C(=O)NC4CCCc5ccccc54)CC3)n2)cc1. The first kappa shape index (κ1) is 20.7. The van der Waals surface area contributed by atoms with Gasteiger partial charge in [-0.25, -0.2) is 9.97 Å². The van der Waals surface area contributed by atoms with E-state index < -0.39 is 0 Å². The van der Waals surface area contributed by atoms with E-state index in [2.05, 4.69) is 70.7 Å². The fraction of sp³-hybridized carbons (Fsp3) is 0.370. The zero-order valence-corrected chi connectivity index (χ0v) is 18.6. The molecular weight excluding hydrogens is 396 g/mol. The number of carbonyl (C=O) groups excluding carboxylic acids is 1. The summed E-state index contributed by atoms with van der Waals surface area (Å²) in [5.41, 5.74) is 4.93. The molecule has 1 aromatic heterocycles. The van der Waals surface area contributed by atoms with Crippen LogP contribution in [0.5, 0.6) is 0 Å². The third-order valence-electron chi connectivity index (χ3n) is 6.83. The van der Waals surface area contributed by atoms with Gasteiger partial charge in [0, 0.05) is 30.8 Å². The maximum Gasteiger partial charge on any atom is 0.223 e. The first-order chi connectivity index (χ1) is 15.7. The van der Waals surface area contributed by atoms with Crippen molar-refractivity contribution in [2.45, 2.75) is 45.1 Å². The van der Waals surface area contributed by atoms with E-state index in [0.717, 1.165) is 62.4 Å². The number of nitrogens with one attached hydrogen (secondary N) is 1. The molecule has 1 fully saturated rings. The summed E-state index contributed by atoms with van der Waals surface area (Å²) in [6, 6.07) is 19.0. The highest BCUT2D eigenvalue weighted by Gasteiger charge is 2.29. The molecule has 5 rings (SSSR count). The van der Waals surface area contributed by atoms with Crippen LogP contribution in [-0.4, -0.2) is 29.0 Å². The number of benzene rings is 2. The Bertz CT molecular complexity index is 1090. The summed E-state index contributed by atoms with van der Waals surface area (Å²) in [5.74, 6) is 1.96. The van der Waals surface area contributed by atoms with Gasteiger partial charge in [0.15, 0.2) is 5.82 Å². The van der Waals surface area contributed by atoms with Crippen molar-refractivity contribution in [1.29, 1.82) is 0 Å². The summed E-state index contributed by atoms with van der Waals surface area (Å²) >= 11 is 0. The van der Waals surface area contributed by atoms with Gasteiger partial charge in [0.1, 0.15) is 5.82 Å². The van der Waals surface area contributed by atoms with E-state index in [0.29, 0.717) is 0 Å². The van der Waals surface area contributed by atoms with Crippen molar-refractivity contribution >= 4 is 11.7 Å². The molecule has 0 spiro atoms. The lowest BCUT2D eigenvalue weighted by molar-refractivity contribution is -0.126. The second-order valence-electron chi connectivity index (χ2n) is 9.02. The molecule has 1 aliphatic heterocycles. The second-order valence-corrected chi connectivity index (χ2v) is 9.02. The van der Waals surface area contributed by atoms with Crippen molar-refractivity contribution in [3.05, 3.63) is 77.5 Å². The van der Waals surface area contributed by atoms with Gasteiger partial charge in [-0.2, -0.15) is 0 Å². The maximum atomic E-state index is 13.0. The molecule has 1 saturated heterocycles. The van der Waals surface area contributed by atoms with Crippen LogP contribution in [0, 0.1) is 12.8 Å². The molecule has 0 saturated carbocycles. The largest absolute Gasteiger partial charge is 0.356 e. The summed E-state index contributed by atoms with van der Waals surface area (Å²) in [4.78, 5) is 24.6. The lowest BCUT2D eigenvalue weighted by Gasteiger charge is -2.34. The molecule has 0 bridgehead atoms. The van der Waals surface area contributed by atoms with Crippen LogP contribution in [0.4, 0.5) is 5.82 Å². The average Bonchev–Trinajstić information content (AvgIpc) is 2.85. The quantitative estimate of drug-likeness (QED) is 0.647. The molecule has 1 unspecified atom stereocenters. The molecule has 5 nitrogen and oxygen atoms in total. The summed E-state index contributed by atoms with van der Waals surface area (Å²) in [7, 11) is 0. The van der Waals surface area contributed by atoms with Gasteiger partial charge in [0.25, 0.3) is 0 Å². The molecule has 0 radical (unpaired) electrons. The van der Waals surface area contributed by atoms with Crippen LogP contribution in [-0.2, 0) is 11.2 Å². The third kappa shape index (κ3) is 4.38. The van der Waals surface area contributed by atoms with Crippen molar-refractivity contribution in [3.63, 3.8) is 0 Å². The van der Waals surface area contributed by atoms with Gasteiger partial charge in [0.05, 0.1) is 6.04 Å². The van der Waals surface area contributed by atoms with E-state index in [1.807, 2.05) is 12.3 Å². The highest BCUT2D eigenvalue weighted by atomic mass is 16.1. The van der Waals surface area contributed by atoms with Gasteiger partial charge < -0.3 is 10.2 Å². The van der Waals surface area contributed by atoms with Gasteiger partial charge in [-0.1, -0.05) is 54.1 Å². The van der Waals surface area contributed by atoms with Crippen LogP contribution in [0.15, 0.2) is 60.8 Å². The van der Waals surface area contributed by atoms with Crippen molar-refractivity contribution < 1.29 is 4.79 Å². The fourth-order valence-corrected chi connectivity index (χ4v) is 4.93. The Labute approximate surface area is 189 Å². The van der Waals surface area contributed by atoms with Crippen molar-refractivity contribution in [2.75, 3.05) is 18.0 Å². The second kappa shape index (κ2) is 9.11. The Kier molecular flexibility index (Phi) is 5.89. The number of rotatable bonds is 4. The minimum absolute atomic E-state index is 0.0683. The predicted octanol–water partition coefficient (Wildman–Crippen LogP) is 4.86. The Hall–Kier alpha value is -3.21. The molecular formula is C27H30N4O. The highest BCUT2D eigenvalue weighted by Crippen LogP contribution is 2.31. The molecule has 5 heteroatoms. The van der Waals surface area contributed by atoms with Crippen molar-refractivity contribution in [3.8, 4) is 11.4 Å². The molecule has 1 amide bonds. The van der Waals surface area contributed by atoms with E-state index in [1.54, 1.807) is 0 Å². The van der Waals surface area contributed by atoms with Gasteiger partial charge in [-0.05, 0) is 56.2 Å². The highest BCUT2D eigenvalue weighted by molar-refractivity contribution is 5.79. The van der Waals surface area contributed by atoms with E-state index in [4.69, 9.17) is 4.98 Å². The maximum absolute atomic E-state index is 13.0. The first-order valence-corrected chi connectivity index (χ1v) is 11.7. The van der Waals surface area contributed by atoms with Gasteiger partial charge in [-0.3, -0.25) is 4.79 Å². The Morgan fingerprint density at radius 2 is 1.78 bits per heavy atom. The fourth-order valence-electron chi connectivity index (χ4n) is 4.93. The normalized spacial score (nSPS) is 18.8. The minimum Gasteiger partial charge on any atom is -0.356 e. The van der Waals surface area contributed by atoms with Crippen LogP contribution in [0.1, 0.15) is 48.4 Å². The minimum atomic E-state index is 0.0683. The number of piperidine rings is 1.